The molecule has 8 heteroatoms. The van der Waals surface area contributed by atoms with Gasteiger partial charge in [-0.3, -0.25) is 9.38 Å². The van der Waals surface area contributed by atoms with E-state index in [1.807, 2.05) is 86.8 Å². The van der Waals surface area contributed by atoms with Crippen LogP contribution in [0.3, 0.4) is 0 Å². The summed E-state index contributed by atoms with van der Waals surface area (Å²) in [5, 5.41) is 3.46. The van der Waals surface area contributed by atoms with Crippen molar-refractivity contribution in [3.8, 4) is 11.4 Å². The van der Waals surface area contributed by atoms with Crippen LogP contribution < -0.4 is 5.32 Å². The molecule has 3 aromatic heterocycles. The minimum absolute atomic E-state index is 0.0669. The molecule has 0 bridgehead atoms. The first-order chi connectivity index (χ1) is 18.2. The molecule has 8 nitrogen and oxygen atoms in total. The molecular weight excluding hydrogens is 464 g/mol. The van der Waals surface area contributed by atoms with Crippen LogP contribution in [0.5, 0.6) is 0 Å². The summed E-state index contributed by atoms with van der Waals surface area (Å²) < 4.78 is 7.55. The minimum Gasteiger partial charge on any atom is -0.445 e. The number of piperidine rings is 1. The Morgan fingerprint density at radius 2 is 1.76 bits per heavy atom. The van der Waals surface area contributed by atoms with Gasteiger partial charge in [-0.1, -0.05) is 64.1 Å². The minimum atomic E-state index is -0.289. The van der Waals surface area contributed by atoms with Crippen LogP contribution in [-0.4, -0.2) is 49.0 Å². The molecule has 37 heavy (non-hydrogen) atoms. The Kier molecular flexibility index (Phi) is 10.4. The fraction of sp³-hybridized carbons (Fsp3) is 0.379. The highest BCUT2D eigenvalue weighted by Gasteiger charge is 2.30. The lowest BCUT2D eigenvalue weighted by molar-refractivity contribution is 0.0696. The van der Waals surface area contributed by atoms with Crippen LogP contribution in [0.15, 0.2) is 73.3 Å². The summed E-state index contributed by atoms with van der Waals surface area (Å²) in [6.07, 6.45) is 8.74. The van der Waals surface area contributed by atoms with E-state index in [-0.39, 0.29) is 24.8 Å². The van der Waals surface area contributed by atoms with Crippen LogP contribution in [0.25, 0.3) is 17.0 Å². The number of aromatic nitrogens is 4. The van der Waals surface area contributed by atoms with E-state index in [1.165, 1.54) is 0 Å². The third kappa shape index (κ3) is 7.06. The Morgan fingerprint density at radius 3 is 2.54 bits per heavy atom. The van der Waals surface area contributed by atoms with Gasteiger partial charge in [0, 0.05) is 24.8 Å². The van der Waals surface area contributed by atoms with Gasteiger partial charge in [-0.15, -0.1) is 0 Å². The number of pyridine rings is 1. The van der Waals surface area contributed by atoms with E-state index in [2.05, 4.69) is 22.2 Å². The first-order valence-electron chi connectivity index (χ1n) is 13.2. The summed E-state index contributed by atoms with van der Waals surface area (Å²) in [4.78, 5) is 28.1. The van der Waals surface area contributed by atoms with Crippen molar-refractivity contribution in [2.24, 2.45) is 0 Å². The number of ether oxygens (including phenoxy) is 1. The predicted octanol–water partition coefficient (Wildman–Crippen LogP) is 6.45. The number of likely N-dealkylation sites (tertiary alicyclic amines) is 1. The molecule has 1 amide bonds. The number of fused-ring (bicyclic) bond motifs is 1. The second-order valence-corrected chi connectivity index (χ2v) is 8.32. The average molecular weight is 503 g/mol. The van der Waals surface area contributed by atoms with Crippen LogP contribution in [0.1, 0.15) is 53.0 Å². The number of imidazole rings is 1. The van der Waals surface area contributed by atoms with Crippen molar-refractivity contribution in [1.82, 2.24) is 24.3 Å². The highest BCUT2D eigenvalue weighted by atomic mass is 16.6. The zero-order valence-electron chi connectivity index (χ0n) is 22.5. The Labute approximate surface area is 219 Å². The van der Waals surface area contributed by atoms with Gasteiger partial charge in [0.25, 0.3) is 0 Å². The monoisotopic (exact) mass is 502 g/mol. The molecule has 2 unspecified atom stereocenters. The van der Waals surface area contributed by atoms with Gasteiger partial charge >= 0.3 is 6.09 Å². The van der Waals surface area contributed by atoms with Gasteiger partial charge < -0.3 is 15.0 Å². The first-order valence-corrected chi connectivity index (χ1v) is 13.2. The molecule has 196 valence electrons. The van der Waals surface area contributed by atoms with Gasteiger partial charge in [-0.2, -0.15) is 0 Å². The summed E-state index contributed by atoms with van der Waals surface area (Å²) in [7, 11) is 0. The number of nitrogens with one attached hydrogen (secondary N) is 1. The lowest BCUT2D eigenvalue weighted by Gasteiger charge is -2.37. The number of hydrogen-bond donors (Lipinski definition) is 1. The second kappa shape index (κ2) is 14.0. The van der Waals surface area contributed by atoms with Gasteiger partial charge in [0.2, 0.25) is 0 Å². The number of rotatable bonds is 5. The smallest absolute Gasteiger partial charge is 0.410 e. The molecule has 1 aliphatic rings. The van der Waals surface area contributed by atoms with Gasteiger partial charge in [0.15, 0.2) is 0 Å². The van der Waals surface area contributed by atoms with Crippen molar-refractivity contribution in [1.29, 1.82) is 0 Å². The lowest BCUT2D eigenvalue weighted by atomic mass is 10.00. The number of carbonyl (C=O) groups excluding carboxylic acids is 1. The predicted molar refractivity (Wildman–Crippen MR) is 148 cm³/mol. The third-order valence-corrected chi connectivity index (χ3v) is 5.99. The van der Waals surface area contributed by atoms with Gasteiger partial charge in [0.1, 0.15) is 23.8 Å². The largest absolute Gasteiger partial charge is 0.445 e. The summed E-state index contributed by atoms with van der Waals surface area (Å²) >= 11 is 0. The standard InChI is InChI=1S/C25H26N6O2.2C2H6/c1-18-10-11-20(16-31(18)25(32)33-17-19-7-3-2-4-8-19)28-23-15-26-13-21(29-23)22-14-27-24-9-5-6-12-30(22)24;2*1-2/h2-9,12-15,18,20H,10-11,16-17H2,1H3,(H,28,29);2*1-2H3. The molecule has 0 spiro atoms. The van der Waals surface area contributed by atoms with Gasteiger partial charge in [-0.05, 0) is 37.5 Å². The molecule has 2 atom stereocenters. The first kappa shape index (κ1) is 27.6. The van der Waals surface area contributed by atoms with Crippen LogP contribution in [0.2, 0.25) is 0 Å². The molecular formula is C29H38N6O2. The van der Waals surface area contributed by atoms with Gasteiger partial charge in [-0.25, -0.2) is 14.8 Å². The van der Waals surface area contributed by atoms with Crippen LogP contribution in [0, 0.1) is 0 Å². The summed E-state index contributed by atoms with van der Waals surface area (Å²) in [6, 6.07) is 15.8. The van der Waals surface area contributed by atoms with E-state index >= 15 is 0 Å². The van der Waals surface area contributed by atoms with E-state index < -0.39 is 0 Å². The molecule has 5 rings (SSSR count). The van der Waals surface area contributed by atoms with Crippen molar-refractivity contribution < 1.29 is 9.53 Å². The van der Waals surface area contributed by atoms with Crippen molar-refractivity contribution in [3.05, 3.63) is 78.9 Å². The Bertz CT molecular complexity index is 1240. The van der Waals surface area contributed by atoms with Crippen molar-refractivity contribution in [2.75, 3.05) is 11.9 Å². The highest BCUT2D eigenvalue weighted by molar-refractivity contribution is 5.68. The van der Waals surface area contributed by atoms with E-state index in [4.69, 9.17) is 9.72 Å². The van der Waals surface area contributed by atoms with E-state index in [1.54, 1.807) is 23.5 Å². The number of nitrogens with zero attached hydrogens (tertiary/aromatic N) is 5. The normalized spacial score (nSPS) is 16.6. The van der Waals surface area contributed by atoms with Gasteiger partial charge in [0.05, 0.1) is 24.3 Å². The number of anilines is 1. The summed E-state index contributed by atoms with van der Waals surface area (Å²) in [5.74, 6) is 0.676. The van der Waals surface area contributed by atoms with E-state index in [9.17, 15) is 4.79 Å². The van der Waals surface area contributed by atoms with Crippen LogP contribution >= 0.6 is 0 Å². The molecule has 1 aliphatic heterocycles. The number of hydrogen-bond acceptors (Lipinski definition) is 6. The quantitative estimate of drug-likeness (QED) is 0.338. The molecule has 4 heterocycles. The van der Waals surface area contributed by atoms with E-state index in [0.717, 1.165) is 35.4 Å². The number of benzene rings is 1. The Balaban J connectivity index is 0.000000907. The Hall–Kier alpha value is -3.94. The molecule has 1 saturated heterocycles. The van der Waals surface area contributed by atoms with Crippen LogP contribution in [-0.2, 0) is 11.3 Å². The summed E-state index contributed by atoms with van der Waals surface area (Å²) in [5.41, 5.74) is 3.45. The lowest BCUT2D eigenvalue weighted by Crippen LogP contribution is -2.49. The molecule has 0 saturated carbocycles. The second-order valence-electron chi connectivity index (χ2n) is 8.32. The number of amides is 1. The zero-order chi connectivity index (χ0) is 26.6. The fourth-order valence-corrected chi connectivity index (χ4v) is 4.17. The van der Waals surface area contributed by atoms with Crippen molar-refractivity contribution in [2.45, 2.75) is 66.2 Å². The maximum Gasteiger partial charge on any atom is 0.410 e. The van der Waals surface area contributed by atoms with E-state index in [0.29, 0.717) is 12.4 Å². The van der Waals surface area contributed by atoms with Crippen molar-refractivity contribution in [3.63, 3.8) is 0 Å². The van der Waals surface area contributed by atoms with Crippen molar-refractivity contribution >= 4 is 17.6 Å². The Morgan fingerprint density at radius 1 is 1.00 bits per heavy atom. The highest BCUT2D eigenvalue weighted by Crippen LogP contribution is 2.23. The summed E-state index contributed by atoms with van der Waals surface area (Å²) in [6.45, 7) is 10.9. The molecule has 4 aromatic rings. The molecule has 0 aliphatic carbocycles. The molecule has 0 radical (unpaired) electrons. The average Bonchev–Trinajstić information content (AvgIpc) is 3.40. The maximum atomic E-state index is 12.8. The fourth-order valence-electron chi connectivity index (χ4n) is 4.17. The molecule has 1 fully saturated rings. The third-order valence-electron chi connectivity index (χ3n) is 5.99. The molecule has 1 aromatic carbocycles. The molecule has 1 N–H and O–H groups in total. The topological polar surface area (TPSA) is 84.7 Å². The number of carbonyl (C=O) groups is 1. The maximum absolute atomic E-state index is 12.8. The SMILES string of the molecule is CC.CC.CC1CCC(Nc2cncc(-c3cnc4ccccn34)n2)CN1C(=O)OCc1ccccc1. The van der Waals surface area contributed by atoms with Crippen LogP contribution in [0.4, 0.5) is 10.6 Å². The zero-order valence-corrected chi connectivity index (χ0v) is 22.5.